The van der Waals surface area contributed by atoms with Crippen LogP contribution >= 0.6 is 0 Å². The van der Waals surface area contributed by atoms with E-state index in [1.165, 1.54) is 0 Å². The highest BCUT2D eigenvalue weighted by Crippen LogP contribution is 2.28. The first-order valence-electron chi connectivity index (χ1n) is 8.92. The number of pyridine rings is 1. The Labute approximate surface area is 158 Å². The third-order valence-electron chi connectivity index (χ3n) is 4.65. The number of nitrogens with one attached hydrogen (secondary N) is 3. The van der Waals surface area contributed by atoms with Crippen molar-refractivity contribution in [3.63, 3.8) is 0 Å². The minimum absolute atomic E-state index is 0.206. The first kappa shape index (κ1) is 17.5. The first-order chi connectivity index (χ1) is 13.1. The summed E-state index contributed by atoms with van der Waals surface area (Å²) < 4.78 is 27.0. The maximum Gasteiger partial charge on any atom is 0.232 e. The summed E-state index contributed by atoms with van der Waals surface area (Å²) in [6.45, 7) is 0. The third kappa shape index (κ3) is 4.46. The van der Waals surface area contributed by atoms with E-state index in [0.29, 0.717) is 23.2 Å². The third-order valence-corrected chi connectivity index (χ3v) is 6.10. The standard InChI is InChI=1S/C19H21N5O2S/c25-27(26,13-14-4-3-5-14)24-16-9-7-15(8-10-16)17-12-19(23-22-17)21-18-6-1-2-11-20-18/h1-2,6-12,14,24H,3-5,13H2,(H2,20,21,22,23). The predicted octanol–water partition coefficient (Wildman–Crippen LogP) is 3.76. The number of hydrogen-bond donors (Lipinski definition) is 3. The van der Waals surface area contributed by atoms with Crippen LogP contribution in [0.1, 0.15) is 19.3 Å². The average Bonchev–Trinajstić information content (AvgIpc) is 3.08. The lowest BCUT2D eigenvalue weighted by Gasteiger charge is -2.25. The molecule has 0 radical (unpaired) electrons. The van der Waals surface area contributed by atoms with Crippen molar-refractivity contribution in [2.45, 2.75) is 19.3 Å². The Kier molecular flexibility index (Phi) is 4.81. The van der Waals surface area contributed by atoms with Crippen LogP contribution in [0.2, 0.25) is 0 Å². The molecule has 2 aromatic heterocycles. The van der Waals surface area contributed by atoms with Gasteiger partial charge in [0.25, 0.3) is 0 Å². The second-order valence-electron chi connectivity index (χ2n) is 6.76. The Balaban J connectivity index is 1.41. The molecule has 140 valence electrons. The van der Waals surface area contributed by atoms with Gasteiger partial charge in [-0.15, -0.1) is 0 Å². The zero-order valence-corrected chi connectivity index (χ0v) is 15.5. The zero-order chi connectivity index (χ0) is 18.7. The van der Waals surface area contributed by atoms with Crippen molar-refractivity contribution in [2.75, 3.05) is 15.8 Å². The van der Waals surface area contributed by atoms with Crippen molar-refractivity contribution in [3.8, 4) is 11.3 Å². The minimum Gasteiger partial charge on any atom is -0.323 e. The molecule has 1 aliphatic carbocycles. The van der Waals surface area contributed by atoms with Crippen molar-refractivity contribution in [1.29, 1.82) is 0 Å². The van der Waals surface area contributed by atoms with E-state index in [9.17, 15) is 8.42 Å². The van der Waals surface area contributed by atoms with Gasteiger partial charge >= 0.3 is 0 Å². The maximum absolute atomic E-state index is 12.2. The second kappa shape index (κ2) is 7.40. The van der Waals surface area contributed by atoms with E-state index in [4.69, 9.17) is 0 Å². The Bertz CT molecular complexity index is 996. The number of aromatic nitrogens is 3. The Morgan fingerprint density at radius 1 is 1.07 bits per heavy atom. The molecule has 3 aromatic rings. The van der Waals surface area contributed by atoms with E-state index in [1.54, 1.807) is 18.3 Å². The molecule has 0 aliphatic heterocycles. The number of rotatable bonds is 7. The topological polar surface area (TPSA) is 99.8 Å². The largest absolute Gasteiger partial charge is 0.323 e. The molecular weight excluding hydrogens is 362 g/mol. The van der Waals surface area contributed by atoms with Gasteiger partial charge in [-0.05, 0) is 48.6 Å². The Hall–Kier alpha value is -2.87. The van der Waals surface area contributed by atoms with Gasteiger partial charge < -0.3 is 5.32 Å². The molecule has 1 fully saturated rings. The lowest BCUT2D eigenvalue weighted by atomic mass is 9.87. The van der Waals surface area contributed by atoms with Crippen molar-refractivity contribution >= 4 is 27.3 Å². The fourth-order valence-electron chi connectivity index (χ4n) is 3.01. The van der Waals surface area contributed by atoms with Crippen LogP contribution in [0.15, 0.2) is 54.7 Å². The molecule has 2 heterocycles. The SMILES string of the molecule is O=S(=O)(CC1CCC1)Nc1ccc(-c2cc(Nc3ccccn3)n[nH]2)cc1. The number of anilines is 3. The Morgan fingerprint density at radius 2 is 1.89 bits per heavy atom. The van der Waals surface area contributed by atoms with Crippen molar-refractivity contribution < 1.29 is 8.42 Å². The van der Waals surface area contributed by atoms with Crippen LogP contribution in [0.25, 0.3) is 11.3 Å². The van der Waals surface area contributed by atoms with Gasteiger partial charge in [-0.25, -0.2) is 13.4 Å². The molecule has 0 spiro atoms. The zero-order valence-electron chi connectivity index (χ0n) is 14.7. The number of nitrogens with zero attached hydrogens (tertiary/aromatic N) is 2. The van der Waals surface area contributed by atoms with Gasteiger partial charge in [0.1, 0.15) is 5.82 Å². The molecule has 0 saturated heterocycles. The normalized spacial score (nSPS) is 14.5. The molecular formula is C19H21N5O2S. The van der Waals surface area contributed by atoms with Crippen molar-refractivity contribution in [1.82, 2.24) is 15.2 Å². The van der Waals surface area contributed by atoms with Crippen molar-refractivity contribution in [2.24, 2.45) is 5.92 Å². The van der Waals surface area contributed by atoms with E-state index in [-0.39, 0.29) is 5.75 Å². The van der Waals surface area contributed by atoms with E-state index in [0.717, 1.165) is 30.5 Å². The molecule has 1 aliphatic rings. The van der Waals surface area contributed by atoms with Crippen LogP contribution in [0.4, 0.5) is 17.3 Å². The van der Waals surface area contributed by atoms with Crippen LogP contribution in [-0.4, -0.2) is 29.4 Å². The molecule has 1 aromatic carbocycles. The maximum atomic E-state index is 12.2. The molecule has 0 unspecified atom stereocenters. The summed E-state index contributed by atoms with van der Waals surface area (Å²) in [4.78, 5) is 4.20. The van der Waals surface area contributed by atoms with Crippen LogP contribution in [0, 0.1) is 5.92 Å². The van der Waals surface area contributed by atoms with Gasteiger partial charge in [-0.2, -0.15) is 5.10 Å². The molecule has 0 atom stereocenters. The monoisotopic (exact) mass is 383 g/mol. The summed E-state index contributed by atoms with van der Waals surface area (Å²) >= 11 is 0. The number of aromatic amines is 1. The lowest BCUT2D eigenvalue weighted by Crippen LogP contribution is -2.26. The summed E-state index contributed by atoms with van der Waals surface area (Å²) in [7, 11) is -3.29. The predicted molar refractivity (Wildman–Crippen MR) is 106 cm³/mol. The van der Waals surface area contributed by atoms with Gasteiger partial charge in [-0.3, -0.25) is 9.82 Å². The van der Waals surface area contributed by atoms with E-state index in [2.05, 4.69) is 25.2 Å². The molecule has 7 nitrogen and oxygen atoms in total. The summed E-state index contributed by atoms with van der Waals surface area (Å²) in [5, 5.41) is 10.3. The minimum atomic E-state index is -3.29. The molecule has 3 N–H and O–H groups in total. The Morgan fingerprint density at radius 3 is 2.56 bits per heavy atom. The molecule has 0 amide bonds. The smallest absolute Gasteiger partial charge is 0.232 e. The van der Waals surface area contributed by atoms with E-state index in [1.807, 2.05) is 36.4 Å². The summed E-state index contributed by atoms with van der Waals surface area (Å²) in [5.74, 6) is 1.88. The van der Waals surface area contributed by atoms with Crippen LogP contribution in [-0.2, 0) is 10.0 Å². The van der Waals surface area contributed by atoms with Crippen LogP contribution in [0.5, 0.6) is 0 Å². The fourth-order valence-corrected chi connectivity index (χ4v) is 4.54. The summed E-state index contributed by atoms with van der Waals surface area (Å²) in [6, 6.07) is 14.7. The fraction of sp³-hybridized carbons (Fsp3) is 0.263. The lowest BCUT2D eigenvalue weighted by molar-refractivity contribution is 0.347. The van der Waals surface area contributed by atoms with Gasteiger partial charge in [-0.1, -0.05) is 24.6 Å². The highest BCUT2D eigenvalue weighted by molar-refractivity contribution is 7.92. The second-order valence-corrected chi connectivity index (χ2v) is 8.53. The number of H-pyrrole nitrogens is 1. The van der Waals surface area contributed by atoms with Gasteiger partial charge in [0.15, 0.2) is 5.82 Å². The van der Waals surface area contributed by atoms with Crippen LogP contribution < -0.4 is 10.0 Å². The molecule has 8 heteroatoms. The number of benzene rings is 1. The average molecular weight is 383 g/mol. The molecule has 1 saturated carbocycles. The van der Waals surface area contributed by atoms with E-state index < -0.39 is 10.0 Å². The van der Waals surface area contributed by atoms with Crippen molar-refractivity contribution in [3.05, 3.63) is 54.7 Å². The van der Waals surface area contributed by atoms with Crippen LogP contribution in [0.3, 0.4) is 0 Å². The summed E-state index contributed by atoms with van der Waals surface area (Å²) in [6.07, 6.45) is 4.86. The number of sulfonamides is 1. The quantitative estimate of drug-likeness (QED) is 0.577. The summed E-state index contributed by atoms with van der Waals surface area (Å²) in [5.41, 5.74) is 2.32. The molecule has 27 heavy (non-hydrogen) atoms. The molecule has 0 bridgehead atoms. The first-order valence-corrected chi connectivity index (χ1v) is 10.6. The van der Waals surface area contributed by atoms with Gasteiger partial charge in [0, 0.05) is 18.0 Å². The number of hydrogen-bond acceptors (Lipinski definition) is 5. The highest BCUT2D eigenvalue weighted by atomic mass is 32.2. The van der Waals surface area contributed by atoms with E-state index >= 15 is 0 Å². The van der Waals surface area contributed by atoms with Gasteiger partial charge in [0.05, 0.1) is 11.4 Å². The highest BCUT2D eigenvalue weighted by Gasteiger charge is 2.24. The molecule has 4 rings (SSSR count). The van der Waals surface area contributed by atoms with Gasteiger partial charge in [0.2, 0.25) is 10.0 Å².